The Morgan fingerprint density at radius 3 is 0.910 bits per heavy atom. The molecule has 0 saturated heterocycles. The molecular weight excluding hydrogens is 1230 g/mol. The summed E-state index contributed by atoms with van der Waals surface area (Å²) in [5.74, 6) is 4.82. The summed E-state index contributed by atoms with van der Waals surface area (Å²) >= 11 is 0. The number of unbranched alkanes of at least 4 members (excludes halogenated alkanes) is 43. The molecule has 0 fully saturated rings. The molecule has 0 aliphatic heterocycles. The molecule has 5 aromatic carbocycles. The van der Waals surface area contributed by atoms with Gasteiger partial charge < -0.3 is 28.1 Å². The minimum absolute atomic E-state index is 0.415. The van der Waals surface area contributed by atoms with Gasteiger partial charge in [-0.25, -0.2) is 9.97 Å². The molecule has 0 saturated carbocycles. The van der Waals surface area contributed by atoms with E-state index in [1.165, 1.54) is 263 Å². The number of fused-ring (bicyclic) bond motifs is 2. The van der Waals surface area contributed by atoms with Crippen molar-refractivity contribution >= 4 is 21.8 Å². The van der Waals surface area contributed by atoms with Crippen LogP contribution >= 0.6 is 0 Å². The molecule has 0 aliphatic carbocycles. The first-order chi connectivity index (χ1) is 49.5. The molecule has 0 atom stereocenters. The molecule has 0 N–H and O–H groups in total. The zero-order valence-electron chi connectivity index (χ0n) is 63.9. The molecule has 0 radical (unpaired) electrons. The molecule has 552 valence electrons. The van der Waals surface area contributed by atoms with E-state index in [-0.39, 0.29) is 0 Å². The number of hydrogen-bond acceptors (Lipinski definition) is 10. The van der Waals surface area contributed by atoms with Crippen LogP contribution in [0, 0.1) is 0 Å². The first-order valence-electron chi connectivity index (χ1n) is 41.6. The van der Waals surface area contributed by atoms with Gasteiger partial charge in [0.15, 0.2) is 23.0 Å². The van der Waals surface area contributed by atoms with Gasteiger partial charge in [-0.2, -0.15) is 0 Å². The maximum Gasteiger partial charge on any atom is 0.248 e. The van der Waals surface area contributed by atoms with Crippen molar-refractivity contribution in [2.24, 2.45) is 0 Å². The summed E-state index contributed by atoms with van der Waals surface area (Å²) < 4.78 is 39.7. The SMILES string of the molecule is CCCCCCCCCCCCOc1ccc(-c2nc3ccc(-c4nnc(-c5ccc6cc(OCCCCCCCCCC)ccc6c5)o4)cc3nc2-c2ccc(OCCCCCCCCCCCC)c(OCCCCCCCCCCCC)c2)cc1OCCCCCCCCCCCC. The van der Waals surface area contributed by atoms with Crippen LogP contribution in [0.1, 0.15) is 343 Å². The van der Waals surface area contributed by atoms with Crippen molar-refractivity contribution in [2.75, 3.05) is 33.0 Å². The van der Waals surface area contributed by atoms with Crippen LogP contribution < -0.4 is 23.7 Å². The highest BCUT2D eigenvalue weighted by atomic mass is 16.5. The summed E-state index contributed by atoms with van der Waals surface area (Å²) in [6.07, 6.45) is 61.2. The van der Waals surface area contributed by atoms with Crippen molar-refractivity contribution in [2.45, 2.75) is 343 Å². The molecular formula is C90H136N4O6. The Labute approximate surface area is 607 Å². The molecule has 0 amide bonds. The summed E-state index contributed by atoms with van der Waals surface area (Å²) in [6.45, 7) is 14.7. The second-order valence-electron chi connectivity index (χ2n) is 29.0. The molecule has 10 heteroatoms. The number of aromatic nitrogens is 4. The van der Waals surface area contributed by atoms with Gasteiger partial charge in [0.1, 0.15) is 5.75 Å². The van der Waals surface area contributed by atoms with Crippen LogP contribution in [0.2, 0.25) is 0 Å². The molecule has 2 heterocycles. The van der Waals surface area contributed by atoms with E-state index in [2.05, 4.69) is 118 Å². The minimum atomic E-state index is 0.415. The molecule has 2 aromatic heterocycles. The van der Waals surface area contributed by atoms with Crippen LogP contribution in [0.3, 0.4) is 0 Å². The summed E-state index contributed by atoms with van der Waals surface area (Å²) in [5.41, 5.74) is 6.38. The quantitative estimate of drug-likeness (QED) is 0.0342. The van der Waals surface area contributed by atoms with Gasteiger partial charge in [-0.3, -0.25) is 0 Å². The maximum atomic E-state index is 6.82. The highest BCUT2D eigenvalue weighted by Gasteiger charge is 2.21. The van der Waals surface area contributed by atoms with Crippen molar-refractivity contribution in [3.05, 3.63) is 91.0 Å². The average molecular weight is 1370 g/mol. The zero-order valence-corrected chi connectivity index (χ0v) is 63.9. The molecule has 0 unspecified atom stereocenters. The van der Waals surface area contributed by atoms with Gasteiger partial charge in [0.05, 0.1) is 55.5 Å². The standard InChI is InChI=1S/C90H136N4O6/c1-6-11-16-21-26-31-35-40-45-50-65-96-83-62-58-76(72-85(83)98-67-52-47-42-37-33-28-23-18-13-8-3)87-88(77-59-63-84(97-66-51-46-41-36-32-27-22-17-12-7-2)86(73-77)99-68-53-48-43-38-34-29-24-19-14-9-4)92-82-71-79(57-61-81(82)91-87)90-94-93-89(100-90)78-55-54-75-70-80(60-56-74(75)69-78)95-64-49-44-39-30-25-20-15-10-5/h54-63,69-73H,6-53,64-68H2,1-5H3. The van der Waals surface area contributed by atoms with Crippen molar-refractivity contribution in [3.8, 4) is 74.2 Å². The summed E-state index contributed by atoms with van der Waals surface area (Å²) in [4.78, 5) is 11.1. The van der Waals surface area contributed by atoms with Crippen molar-refractivity contribution in [3.63, 3.8) is 0 Å². The fourth-order valence-corrected chi connectivity index (χ4v) is 13.8. The Morgan fingerprint density at radius 1 is 0.240 bits per heavy atom. The highest BCUT2D eigenvalue weighted by molar-refractivity contribution is 5.90. The highest BCUT2D eigenvalue weighted by Crippen LogP contribution is 2.41. The topological polar surface area (TPSA) is 111 Å². The molecule has 0 bridgehead atoms. The van der Waals surface area contributed by atoms with Gasteiger partial charge in [0, 0.05) is 22.3 Å². The number of rotatable bonds is 62. The van der Waals surface area contributed by atoms with Crippen LogP contribution in [0.5, 0.6) is 28.7 Å². The normalized spacial score (nSPS) is 11.6. The number of nitrogens with zero attached hydrogens (tertiary/aromatic N) is 4. The molecule has 100 heavy (non-hydrogen) atoms. The fourth-order valence-electron chi connectivity index (χ4n) is 13.8. The predicted molar refractivity (Wildman–Crippen MR) is 424 cm³/mol. The van der Waals surface area contributed by atoms with Gasteiger partial charge in [0.2, 0.25) is 11.8 Å². The van der Waals surface area contributed by atoms with E-state index in [0.717, 1.165) is 130 Å². The second kappa shape index (κ2) is 51.9. The molecule has 10 nitrogen and oxygen atoms in total. The Morgan fingerprint density at radius 2 is 0.530 bits per heavy atom. The fraction of sp³-hybridized carbons (Fsp3) is 0.644. The van der Waals surface area contributed by atoms with E-state index in [0.29, 0.717) is 43.7 Å². The van der Waals surface area contributed by atoms with Crippen LogP contribution in [-0.4, -0.2) is 53.2 Å². The molecule has 7 rings (SSSR count). The van der Waals surface area contributed by atoms with Crippen molar-refractivity contribution in [1.29, 1.82) is 0 Å². The smallest absolute Gasteiger partial charge is 0.248 e. The van der Waals surface area contributed by atoms with Crippen LogP contribution in [0.15, 0.2) is 95.4 Å². The summed E-state index contributed by atoms with van der Waals surface area (Å²) in [7, 11) is 0. The lowest BCUT2D eigenvalue weighted by Crippen LogP contribution is -2.04. The second-order valence-corrected chi connectivity index (χ2v) is 29.0. The average Bonchev–Trinajstić information content (AvgIpc) is 1.04. The van der Waals surface area contributed by atoms with E-state index < -0.39 is 0 Å². The van der Waals surface area contributed by atoms with E-state index in [4.69, 9.17) is 38.1 Å². The van der Waals surface area contributed by atoms with E-state index >= 15 is 0 Å². The summed E-state index contributed by atoms with van der Waals surface area (Å²) in [5, 5.41) is 11.4. The van der Waals surface area contributed by atoms with E-state index in [9.17, 15) is 0 Å². The summed E-state index contributed by atoms with van der Waals surface area (Å²) in [6, 6.07) is 31.4. The van der Waals surface area contributed by atoms with Gasteiger partial charge >= 0.3 is 0 Å². The lowest BCUT2D eigenvalue weighted by molar-refractivity contribution is 0.258. The van der Waals surface area contributed by atoms with Crippen LogP contribution in [-0.2, 0) is 0 Å². The van der Waals surface area contributed by atoms with Gasteiger partial charge in [-0.05, 0) is 122 Å². The first-order valence-corrected chi connectivity index (χ1v) is 41.6. The number of ether oxygens (including phenoxy) is 5. The van der Waals surface area contributed by atoms with Gasteiger partial charge in [-0.15, -0.1) is 10.2 Å². The first kappa shape index (κ1) is 81.1. The lowest BCUT2D eigenvalue weighted by atomic mass is 10.0. The minimum Gasteiger partial charge on any atom is -0.494 e. The largest absolute Gasteiger partial charge is 0.494 e. The van der Waals surface area contributed by atoms with E-state index in [1.807, 2.05) is 18.2 Å². The third-order valence-corrected chi connectivity index (χ3v) is 20.1. The van der Waals surface area contributed by atoms with Crippen LogP contribution in [0.4, 0.5) is 0 Å². The van der Waals surface area contributed by atoms with Crippen molar-refractivity contribution in [1.82, 2.24) is 20.2 Å². The molecule has 7 aromatic rings. The van der Waals surface area contributed by atoms with Gasteiger partial charge in [-0.1, -0.05) is 323 Å². The Bertz CT molecular complexity index is 3230. The third kappa shape index (κ3) is 31.6. The lowest BCUT2D eigenvalue weighted by Gasteiger charge is -2.17. The number of benzene rings is 5. The maximum absolute atomic E-state index is 6.82. The van der Waals surface area contributed by atoms with Crippen molar-refractivity contribution < 1.29 is 28.1 Å². The molecule has 0 aliphatic rings. The predicted octanol–water partition coefficient (Wildman–Crippen LogP) is 28.6. The third-order valence-electron chi connectivity index (χ3n) is 20.1. The zero-order chi connectivity index (χ0) is 70.0. The molecule has 0 spiro atoms. The van der Waals surface area contributed by atoms with Crippen LogP contribution in [0.25, 0.3) is 67.2 Å². The Hall–Kier alpha value is -6.16. The Balaban J connectivity index is 1.15. The number of hydrogen-bond donors (Lipinski definition) is 0. The Kier molecular flexibility index (Phi) is 42.1. The van der Waals surface area contributed by atoms with Gasteiger partial charge in [0.25, 0.3) is 0 Å². The van der Waals surface area contributed by atoms with E-state index in [1.54, 1.807) is 0 Å². The monoisotopic (exact) mass is 1370 g/mol.